The van der Waals surface area contributed by atoms with Crippen molar-refractivity contribution in [3.8, 4) is 23.0 Å². The number of aromatic nitrogens is 2. The van der Waals surface area contributed by atoms with Crippen LogP contribution in [0, 0.1) is 25.5 Å². The van der Waals surface area contributed by atoms with Crippen molar-refractivity contribution in [3.63, 3.8) is 0 Å². The average Bonchev–Trinajstić information content (AvgIpc) is 3.25. The first-order chi connectivity index (χ1) is 32.3. The van der Waals surface area contributed by atoms with Crippen LogP contribution in [0.3, 0.4) is 0 Å². The first-order valence-corrected chi connectivity index (χ1v) is 21.0. The molecular formula is C48H40Cl2F8N2O10. The van der Waals surface area contributed by atoms with Gasteiger partial charge in [0.1, 0.15) is 34.6 Å². The highest BCUT2D eigenvalue weighted by atomic mass is 35.5. The van der Waals surface area contributed by atoms with Gasteiger partial charge in [0.25, 0.3) is 11.1 Å². The van der Waals surface area contributed by atoms with E-state index < -0.39 is 92.3 Å². The maximum absolute atomic E-state index is 14.2. The standard InChI is InChI=1S/2C24H20ClF4NO5/c2*1-12-8-14(11-30(3)21(12)31)23(34,24(27,28)29)13(2)17-6-4-15(9-19(17)25)35-16-5-7-18(22(32)33)20(26)10-16/h2*4-11,13,34H,1-3H3,(H,32,33)/t2*13-,23-/m10/s1. The highest BCUT2D eigenvalue weighted by Crippen LogP contribution is 2.51. The second-order valence-corrected chi connectivity index (χ2v) is 16.9. The number of benzene rings is 4. The van der Waals surface area contributed by atoms with Gasteiger partial charge in [-0.2, -0.15) is 26.3 Å². The molecule has 6 aromatic rings. The van der Waals surface area contributed by atoms with Crippen molar-refractivity contribution in [2.45, 2.75) is 63.1 Å². The van der Waals surface area contributed by atoms with Gasteiger partial charge in [-0.1, -0.05) is 49.2 Å². The molecule has 0 aliphatic heterocycles. The monoisotopic (exact) mass is 1030 g/mol. The van der Waals surface area contributed by atoms with Gasteiger partial charge in [-0.3, -0.25) is 9.59 Å². The van der Waals surface area contributed by atoms with Gasteiger partial charge in [-0.05, 0) is 85.6 Å². The van der Waals surface area contributed by atoms with Crippen LogP contribution in [0.25, 0.3) is 0 Å². The number of aryl methyl sites for hydroxylation is 4. The average molecular weight is 1030 g/mol. The largest absolute Gasteiger partial charge is 0.478 e. The molecule has 0 amide bonds. The van der Waals surface area contributed by atoms with E-state index in [2.05, 4.69) is 0 Å². The van der Waals surface area contributed by atoms with Crippen LogP contribution in [-0.2, 0) is 25.3 Å². The van der Waals surface area contributed by atoms with Crippen LogP contribution in [0.2, 0.25) is 10.0 Å². The summed E-state index contributed by atoms with van der Waals surface area (Å²) in [6.07, 6.45) is -8.39. The molecular weight excluding hydrogens is 987 g/mol. The number of carbonyl (C=O) groups is 2. The summed E-state index contributed by atoms with van der Waals surface area (Å²) in [5.41, 5.74) is -10.0. The van der Waals surface area contributed by atoms with Gasteiger partial charge >= 0.3 is 24.3 Å². The topological polar surface area (TPSA) is 178 Å². The second-order valence-electron chi connectivity index (χ2n) is 16.1. The number of hydrogen-bond donors (Lipinski definition) is 4. The Morgan fingerprint density at radius 3 is 1.11 bits per heavy atom. The SMILES string of the molecule is Cc1cc([C@@](O)([C@@H](C)c2ccc(Oc3ccc(C(=O)O)c(F)c3)cc2Cl)C(F)(F)F)cn(C)c1=O.Cc1cc([C@](O)([C@H](C)c2ccc(Oc3ccc(C(=O)O)c(F)c3)cc2Cl)C(F)(F)F)cn(C)c1=O. The Balaban J connectivity index is 0.000000261. The quantitative estimate of drug-likeness (QED) is 0.0863. The van der Waals surface area contributed by atoms with Gasteiger partial charge in [0, 0.05) is 82.8 Å². The van der Waals surface area contributed by atoms with Crippen molar-refractivity contribution in [1.29, 1.82) is 0 Å². The van der Waals surface area contributed by atoms with Gasteiger partial charge in [-0.15, -0.1) is 0 Å². The van der Waals surface area contributed by atoms with E-state index in [1.54, 1.807) is 0 Å². The number of carboxylic acids is 2. The molecule has 0 unspecified atom stereocenters. The maximum atomic E-state index is 14.2. The number of aliphatic hydroxyl groups is 2. The Morgan fingerprint density at radius 1 is 0.557 bits per heavy atom. The van der Waals surface area contributed by atoms with Gasteiger partial charge in [0.05, 0.1) is 11.1 Å². The number of aromatic carboxylic acids is 2. The van der Waals surface area contributed by atoms with E-state index in [4.69, 9.17) is 42.9 Å². The zero-order valence-corrected chi connectivity index (χ0v) is 38.8. The molecule has 0 aliphatic rings. The molecule has 0 radical (unpaired) electrons. The number of carboxylic acid groups (broad SMARTS) is 2. The molecule has 4 atom stereocenters. The van der Waals surface area contributed by atoms with Crippen molar-refractivity contribution < 1.29 is 74.6 Å². The first kappa shape index (κ1) is 54.2. The van der Waals surface area contributed by atoms with Crippen molar-refractivity contribution in [2.75, 3.05) is 0 Å². The highest BCUT2D eigenvalue weighted by molar-refractivity contribution is 6.32. The number of pyridine rings is 2. The molecule has 0 fully saturated rings. The number of alkyl halides is 6. The number of hydrogen-bond acceptors (Lipinski definition) is 8. The van der Waals surface area contributed by atoms with E-state index in [1.807, 2.05) is 0 Å². The Bertz CT molecular complexity index is 2860. The third kappa shape index (κ3) is 10.8. The van der Waals surface area contributed by atoms with Crippen molar-refractivity contribution in [3.05, 3.63) is 184 Å². The van der Waals surface area contributed by atoms with Gasteiger partial charge < -0.3 is 39.0 Å². The molecule has 0 aliphatic carbocycles. The number of rotatable bonds is 12. The molecule has 4 N–H and O–H groups in total. The van der Waals surface area contributed by atoms with E-state index in [0.29, 0.717) is 0 Å². The fourth-order valence-electron chi connectivity index (χ4n) is 7.52. The molecule has 12 nitrogen and oxygen atoms in total. The molecule has 22 heteroatoms. The molecule has 70 heavy (non-hydrogen) atoms. The number of halogens is 10. The molecule has 2 aromatic heterocycles. The maximum Gasteiger partial charge on any atom is 0.422 e. The second kappa shape index (κ2) is 20.3. The third-order valence-electron chi connectivity index (χ3n) is 11.4. The van der Waals surface area contributed by atoms with Crippen molar-refractivity contribution >= 4 is 35.1 Å². The molecule has 0 saturated carbocycles. The van der Waals surface area contributed by atoms with Crippen LogP contribution in [-0.4, -0.2) is 53.9 Å². The zero-order valence-electron chi connectivity index (χ0n) is 37.3. The molecule has 2 heterocycles. The normalized spacial score (nSPS) is 14.3. The van der Waals surface area contributed by atoms with Crippen LogP contribution in [0.4, 0.5) is 35.1 Å². The summed E-state index contributed by atoms with van der Waals surface area (Å²) in [6, 6.07) is 15.5. The summed E-state index contributed by atoms with van der Waals surface area (Å²) in [6.45, 7) is 4.99. The van der Waals surface area contributed by atoms with Crippen LogP contribution in [0.5, 0.6) is 23.0 Å². The molecule has 0 bridgehead atoms. The molecule has 4 aromatic carbocycles. The van der Waals surface area contributed by atoms with Gasteiger partial charge in [-0.25, -0.2) is 18.4 Å². The molecule has 372 valence electrons. The predicted octanol–water partition coefficient (Wildman–Crippen LogP) is 11.1. The Kier molecular flexibility index (Phi) is 15.7. The fourth-order valence-corrected chi connectivity index (χ4v) is 8.19. The lowest BCUT2D eigenvalue weighted by atomic mass is 9.78. The molecule has 6 rings (SSSR count). The highest BCUT2D eigenvalue weighted by Gasteiger charge is 2.60. The lowest BCUT2D eigenvalue weighted by Crippen LogP contribution is -2.47. The summed E-state index contributed by atoms with van der Waals surface area (Å²) in [5.74, 6) is -8.22. The summed E-state index contributed by atoms with van der Waals surface area (Å²) in [7, 11) is 2.57. The minimum atomic E-state index is -5.13. The van der Waals surface area contributed by atoms with Gasteiger partial charge in [0.15, 0.2) is 11.2 Å². The van der Waals surface area contributed by atoms with Crippen molar-refractivity contribution in [2.24, 2.45) is 14.1 Å². The summed E-state index contributed by atoms with van der Waals surface area (Å²) in [4.78, 5) is 45.8. The van der Waals surface area contributed by atoms with Crippen LogP contribution in [0.1, 0.15) is 79.8 Å². The predicted molar refractivity (Wildman–Crippen MR) is 239 cm³/mol. The summed E-state index contributed by atoms with van der Waals surface area (Å²) < 4.78 is 126. The summed E-state index contributed by atoms with van der Waals surface area (Å²) >= 11 is 12.5. The Hall–Kier alpha value is -6.74. The fraction of sp³-hybridized carbons (Fsp3) is 0.250. The lowest BCUT2D eigenvalue weighted by molar-refractivity contribution is -0.275. The van der Waals surface area contributed by atoms with E-state index in [-0.39, 0.29) is 55.3 Å². The molecule has 0 spiro atoms. The smallest absolute Gasteiger partial charge is 0.422 e. The Morgan fingerprint density at radius 2 is 0.857 bits per heavy atom. The van der Waals surface area contributed by atoms with E-state index >= 15 is 0 Å². The van der Waals surface area contributed by atoms with E-state index in [1.165, 1.54) is 76.5 Å². The third-order valence-corrected chi connectivity index (χ3v) is 12.1. The minimum Gasteiger partial charge on any atom is -0.478 e. The van der Waals surface area contributed by atoms with Crippen LogP contribution >= 0.6 is 23.2 Å². The van der Waals surface area contributed by atoms with Gasteiger partial charge in [0.2, 0.25) is 0 Å². The summed E-state index contributed by atoms with van der Waals surface area (Å²) in [5, 5.41) is 39.5. The first-order valence-electron chi connectivity index (χ1n) is 20.3. The zero-order chi connectivity index (χ0) is 52.6. The van der Waals surface area contributed by atoms with E-state index in [0.717, 1.165) is 71.8 Å². The van der Waals surface area contributed by atoms with E-state index in [9.17, 15) is 64.5 Å². The minimum absolute atomic E-state index is 0.0240. The van der Waals surface area contributed by atoms with Crippen LogP contribution < -0.4 is 20.6 Å². The lowest BCUT2D eigenvalue weighted by Gasteiger charge is -2.37. The Labute approximate surface area is 402 Å². The molecule has 0 saturated heterocycles. The number of ether oxygens (including phenoxy) is 2. The number of nitrogens with zero attached hydrogens (tertiary/aromatic N) is 2. The van der Waals surface area contributed by atoms with Crippen molar-refractivity contribution in [1.82, 2.24) is 9.13 Å². The van der Waals surface area contributed by atoms with Crippen LogP contribution in [0.15, 0.2) is 107 Å².